The molecule has 0 aromatic heterocycles. The van der Waals surface area contributed by atoms with Gasteiger partial charge in [-0.25, -0.2) is 8.78 Å². The molecular formula is C10H11F2N3. The monoisotopic (exact) mass is 211 g/mol. The lowest BCUT2D eigenvalue weighted by molar-refractivity contribution is 0.596. The summed E-state index contributed by atoms with van der Waals surface area (Å²) in [5.74, 6) is -0.431. The molecule has 1 aromatic carbocycles. The van der Waals surface area contributed by atoms with Crippen molar-refractivity contribution in [1.29, 1.82) is 0 Å². The highest BCUT2D eigenvalue weighted by molar-refractivity contribution is 5.94. The number of nitrogens with zero attached hydrogens (tertiary/aromatic N) is 1. The van der Waals surface area contributed by atoms with Crippen LogP contribution in [-0.2, 0) is 0 Å². The highest BCUT2D eigenvalue weighted by atomic mass is 19.1. The lowest BCUT2D eigenvalue weighted by Gasteiger charge is -2.08. The van der Waals surface area contributed by atoms with E-state index in [2.05, 4.69) is 15.6 Å². The van der Waals surface area contributed by atoms with E-state index in [-0.39, 0.29) is 5.69 Å². The molecule has 3 nitrogen and oxygen atoms in total. The molecule has 1 aromatic rings. The van der Waals surface area contributed by atoms with Crippen LogP contribution in [0.1, 0.15) is 5.56 Å². The Kier molecular flexibility index (Phi) is 2.53. The number of aryl methyl sites for hydroxylation is 1. The first-order valence-electron chi connectivity index (χ1n) is 4.68. The van der Waals surface area contributed by atoms with Crippen LogP contribution in [0.2, 0.25) is 0 Å². The van der Waals surface area contributed by atoms with Gasteiger partial charge in [-0.2, -0.15) is 0 Å². The maximum atomic E-state index is 13.4. The van der Waals surface area contributed by atoms with Crippen molar-refractivity contribution < 1.29 is 8.78 Å². The number of rotatable bonds is 1. The van der Waals surface area contributed by atoms with E-state index < -0.39 is 11.6 Å². The molecule has 1 aliphatic rings. The van der Waals surface area contributed by atoms with Gasteiger partial charge < -0.3 is 10.6 Å². The number of benzene rings is 1. The fourth-order valence-electron chi connectivity index (χ4n) is 1.35. The second-order valence-electron chi connectivity index (χ2n) is 3.36. The van der Waals surface area contributed by atoms with Crippen molar-refractivity contribution in [3.05, 3.63) is 29.3 Å². The van der Waals surface area contributed by atoms with Crippen molar-refractivity contribution in [2.75, 3.05) is 18.4 Å². The molecule has 5 heteroatoms. The van der Waals surface area contributed by atoms with Crippen LogP contribution >= 0.6 is 0 Å². The van der Waals surface area contributed by atoms with Gasteiger partial charge in [-0.15, -0.1) is 0 Å². The van der Waals surface area contributed by atoms with E-state index in [4.69, 9.17) is 0 Å². The van der Waals surface area contributed by atoms with Gasteiger partial charge in [-0.05, 0) is 18.6 Å². The zero-order valence-electron chi connectivity index (χ0n) is 8.27. The molecule has 0 spiro atoms. The topological polar surface area (TPSA) is 36.4 Å². The Morgan fingerprint density at radius 3 is 2.80 bits per heavy atom. The molecule has 0 bridgehead atoms. The molecule has 15 heavy (non-hydrogen) atoms. The number of guanidine groups is 1. The molecule has 0 atom stereocenters. The van der Waals surface area contributed by atoms with Crippen molar-refractivity contribution in [1.82, 2.24) is 5.32 Å². The first kappa shape index (κ1) is 9.89. The minimum atomic E-state index is -0.481. The number of anilines is 1. The van der Waals surface area contributed by atoms with Crippen molar-refractivity contribution >= 4 is 11.6 Å². The molecule has 0 radical (unpaired) electrons. The first-order valence-corrected chi connectivity index (χ1v) is 4.68. The number of halogens is 2. The minimum Gasteiger partial charge on any atom is -0.354 e. The molecular weight excluding hydrogens is 200 g/mol. The van der Waals surface area contributed by atoms with E-state index in [0.717, 1.165) is 18.7 Å². The van der Waals surface area contributed by atoms with E-state index in [1.807, 2.05) is 0 Å². The standard InChI is InChI=1S/C10H11F2N3/c1-6-4-8(12)9(5-7(6)11)15-10-13-2-3-14-10/h4-5H,2-3H2,1H3,(H2,13,14,15). The van der Waals surface area contributed by atoms with E-state index in [1.165, 1.54) is 6.92 Å². The van der Waals surface area contributed by atoms with E-state index in [0.29, 0.717) is 18.1 Å². The van der Waals surface area contributed by atoms with Gasteiger partial charge >= 0.3 is 0 Å². The van der Waals surface area contributed by atoms with Gasteiger partial charge in [0.05, 0.1) is 12.2 Å². The SMILES string of the molecule is Cc1cc(F)c(NC2=NCCN2)cc1F. The molecule has 0 aliphatic carbocycles. The van der Waals surface area contributed by atoms with Crippen molar-refractivity contribution in [3.63, 3.8) is 0 Å². The molecule has 1 heterocycles. The normalized spacial score (nSPS) is 14.7. The van der Waals surface area contributed by atoms with Crippen LogP contribution in [-0.4, -0.2) is 19.0 Å². The Labute approximate surface area is 86.2 Å². The number of nitrogens with one attached hydrogen (secondary N) is 2. The molecule has 0 amide bonds. The Bertz CT molecular complexity index is 415. The third kappa shape index (κ3) is 2.06. The molecule has 0 fully saturated rings. The maximum Gasteiger partial charge on any atom is 0.196 e. The van der Waals surface area contributed by atoms with Crippen molar-refractivity contribution in [2.45, 2.75) is 6.92 Å². The predicted molar refractivity (Wildman–Crippen MR) is 55.0 cm³/mol. The molecule has 2 N–H and O–H groups in total. The fourth-order valence-corrected chi connectivity index (χ4v) is 1.35. The van der Waals surface area contributed by atoms with Gasteiger partial charge in [0.25, 0.3) is 0 Å². The maximum absolute atomic E-state index is 13.4. The first-order chi connectivity index (χ1) is 7.16. The van der Waals surface area contributed by atoms with Gasteiger partial charge in [0.1, 0.15) is 11.6 Å². The zero-order chi connectivity index (χ0) is 10.8. The average Bonchev–Trinajstić information content (AvgIpc) is 2.67. The smallest absolute Gasteiger partial charge is 0.196 e. The van der Waals surface area contributed by atoms with Crippen LogP contribution in [0.5, 0.6) is 0 Å². The number of aliphatic imine (C=N–C) groups is 1. The van der Waals surface area contributed by atoms with Gasteiger partial charge in [0.2, 0.25) is 0 Å². The summed E-state index contributed by atoms with van der Waals surface area (Å²) >= 11 is 0. The molecule has 0 unspecified atom stereocenters. The van der Waals surface area contributed by atoms with Crippen molar-refractivity contribution in [3.8, 4) is 0 Å². The van der Waals surface area contributed by atoms with Gasteiger partial charge in [-0.1, -0.05) is 0 Å². The molecule has 80 valence electrons. The van der Waals surface area contributed by atoms with Crippen LogP contribution in [0.4, 0.5) is 14.5 Å². The zero-order valence-corrected chi connectivity index (χ0v) is 8.27. The Balaban J connectivity index is 2.24. The lowest BCUT2D eigenvalue weighted by atomic mass is 10.2. The van der Waals surface area contributed by atoms with E-state index >= 15 is 0 Å². The highest BCUT2D eigenvalue weighted by Crippen LogP contribution is 2.18. The third-order valence-corrected chi connectivity index (χ3v) is 2.18. The van der Waals surface area contributed by atoms with E-state index in [1.54, 1.807) is 0 Å². The van der Waals surface area contributed by atoms with Crippen LogP contribution in [0, 0.1) is 18.6 Å². The quantitative estimate of drug-likeness (QED) is 0.741. The summed E-state index contributed by atoms with van der Waals surface area (Å²) in [4.78, 5) is 4.03. The number of hydrogen-bond acceptors (Lipinski definition) is 3. The molecule has 0 saturated heterocycles. The van der Waals surface area contributed by atoms with Crippen LogP contribution in [0.15, 0.2) is 17.1 Å². The minimum absolute atomic E-state index is 0.103. The third-order valence-electron chi connectivity index (χ3n) is 2.18. The number of hydrogen-bond donors (Lipinski definition) is 2. The van der Waals surface area contributed by atoms with Gasteiger partial charge in [0.15, 0.2) is 5.96 Å². The predicted octanol–water partition coefficient (Wildman–Crippen LogP) is 1.64. The Morgan fingerprint density at radius 1 is 1.33 bits per heavy atom. The second-order valence-corrected chi connectivity index (χ2v) is 3.36. The van der Waals surface area contributed by atoms with Crippen LogP contribution in [0.25, 0.3) is 0 Å². The Morgan fingerprint density at radius 2 is 2.13 bits per heavy atom. The van der Waals surface area contributed by atoms with Gasteiger partial charge in [-0.3, -0.25) is 4.99 Å². The molecule has 2 rings (SSSR count). The molecule has 0 saturated carbocycles. The highest BCUT2D eigenvalue weighted by Gasteiger charge is 2.10. The second kappa shape index (κ2) is 3.84. The fraction of sp³-hybridized carbons (Fsp3) is 0.300. The van der Waals surface area contributed by atoms with Crippen LogP contribution in [0.3, 0.4) is 0 Å². The average molecular weight is 211 g/mol. The Hall–Kier alpha value is -1.65. The van der Waals surface area contributed by atoms with E-state index in [9.17, 15) is 8.78 Å². The summed E-state index contributed by atoms with van der Waals surface area (Å²) in [5.41, 5.74) is 0.394. The summed E-state index contributed by atoms with van der Waals surface area (Å²) in [7, 11) is 0. The van der Waals surface area contributed by atoms with Crippen molar-refractivity contribution in [2.24, 2.45) is 4.99 Å². The summed E-state index contributed by atoms with van der Waals surface area (Å²) in [6, 6.07) is 2.29. The largest absolute Gasteiger partial charge is 0.354 e. The summed E-state index contributed by atoms with van der Waals surface area (Å²) < 4.78 is 26.5. The summed E-state index contributed by atoms with van der Waals surface area (Å²) in [5, 5.41) is 5.62. The van der Waals surface area contributed by atoms with Gasteiger partial charge in [0, 0.05) is 12.6 Å². The summed E-state index contributed by atoms with van der Waals surface area (Å²) in [6.07, 6.45) is 0. The lowest BCUT2D eigenvalue weighted by Crippen LogP contribution is -2.26. The van der Waals surface area contributed by atoms with Crippen LogP contribution < -0.4 is 10.6 Å². The molecule has 1 aliphatic heterocycles. The summed E-state index contributed by atoms with van der Waals surface area (Å²) in [6.45, 7) is 2.89.